The molecule has 2 aromatic rings. The molecule has 1 fully saturated rings. The summed E-state index contributed by atoms with van der Waals surface area (Å²) >= 11 is 0. The van der Waals surface area contributed by atoms with Gasteiger partial charge in [-0.05, 0) is 18.2 Å². The summed E-state index contributed by atoms with van der Waals surface area (Å²) in [4.78, 5) is 16.6. The van der Waals surface area contributed by atoms with Gasteiger partial charge in [-0.15, -0.1) is 0 Å². The molecule has 0 unspecified atom stereocenters. The van der Waals surface area contributed by atoms with Crippen LogP contribution in [0.1, 0.15) is 21.5 Å². The van der Waals surface area contributed by atoms with Crippen molar-refractivity contribution in [2.45, 2.75) is 6.54 Å². The predicted molar refractivity (Wildman–Crippen MR) is 123 cm³/mol. The molecule has 0 spiro atoms. The summed E-state index contributed by atoms with van der Waals surface area (Å²) in [6.07, 6.45) is 1.60. The molecule has 0 aromatic heterocycles. The van der Waals surface area contributed by atoms with E-state index in [1.54, 1.807) is 18.2 Å². The number of Topliss-reactive ketones (excluding diaryl/α,β-unsaturated/α-hetero) is 1. The number of benzene rings is 2. The monoisotopic (exact) mass is 470 g/mol. The van der Waals surface area contributed by atoms with Gasteiger partial charge >= 0.3 is 0 Å². The van der Waals surface area contributed by atoms with Crippen molar-refractivity contribution in [3.8, 4) is 28.7 Å². The number of rotatable bonds is 8. The standard InChI is InChI=1S/C25H30N2O7/c1-31-20-14-22(33-3)21(32-2)12-16(20)13-23-24(30)17-4-5-19(29)18(25(17)34-23)15-27-8-6-26(7-9-27)10-11-28/h4-5,12-14,28-29H,6-11,15H2,1-3H3. The highest BCUT2D eigenvalue weighted by atomic mass is 16.5. The van der Waals surface area contributed by atoms with Crippen LogP contribution in [-0.4, -0.2) is 76.4 Å². The molecule has 2 aliphatic heterocycles. The number of quaternary nitrogens is 1. The summed E-state index contributed by atoms with van der Waals surface area (Å²) in [6, 6.07) is 6.36. The number of allylic oxidation sites excluding steroid dienone is 1. The van der Waals surface area contributed by atoms with Gasteiger partial charge in [-0.3, -0.25) is 9.69 Å². The summed E-state index contributed by atoms with van der Waals surface area (Å²) in [6.45, 7) is 4.68. The molecule has 0 radical (unpaired) electrons. The van der Waals surface area contributed by atoms with E-state index in [0.29, 0.717) is 52.8 Å². The quantitative estimate of drug-likeness (QED) is 0.524. The third-order valence-electron chi connectivity index (χ3n) is 6.33. The van der Waals surface area contributed by atoms with Gasteiger partial charge in [0, 0.05) is 36.8 Å². The summed E-state index contributed by atoms with van der Waals surface area (Å²) < 4.78 is 22.1. The molecule has 0 atom stereocenters. The number of carbonyl (C=O) groups is 1. The lowest BCUT2D eigenvalue weighted by atomic mass is 10.0. The zero-order chi connectivity index (χ0) is 24.2. The molecule has 4 rings (SSSR count). The predicted octanol–water partition coefficient (Wildman–Crippen LogP) is 0.0950. The van der Waals surface area contributed by atoms with Crippen molar-refractivity contribution in [2.75, 3.05) is 60.7 Å². The van der Waals surface area contributed by atoms with Gasteiger partial charge in [0.05, 0.1) is 46.6 Å². The number of methoxy groups -OCH3 is 3. The number of ether oxygens (including phenoxy) is 4. The number of hydrogen-bond donors (Lipinski definition) is 2. The van der Waals surface area contributed by atoms with E-state index in [0.717, 1.165) is 26.2 Å². The maximum Gasteiger partial charge on any atom is 0.231 e. The zero-order valence-corrected chi connectivity index (χ0v) is 19.7. The van der Waals surface area contributed by atoms with Gasteiger partial charge in [0.15, 0.2) is 17.3 Å². The van der Waals surface area contributed by atoms with E-state index in [4.69, 9.17) is 24.1 Å². The molecule has 1 saturated heterocycles. The average Bonchev–Trinajstić information content (AvgIpc) is 3.17. The minimum Gasteiger partial charge on any atom is -0.872 e. The second kappa shape index (κ2) is 10.3. The van der Waals surface area contributed by atoms with Crippen LogP contribution in [0.15, 0.2) is 30.0 Å². The van der Waals surface area contributed by atoms with Crippen molar-refractivity contribution < 1.29 is 38.9 Å². The molecular weight excluding hydrogens is 440 g/mol. The maximum absolute atomic E-state index is 13.1. The van der Waals surface area contributed by atoms with Crippen LogP contribution in [0, 0.1) is 0 Å². The summed E-state index contributed by atoms with van der Waals surface area (Å²) in [5.74, 6) is 1.53. The molecule has 9 nitrogen and oxygen atoms in total. The Labute approximate surface area is 198 Å². The molecule has 182 valence electrons. The first-order valence-corrected chi connectivity index (χ1v) is 11.2. The average molecular weight is 471 g/mol. The van der Waals surface area contributed by atoms with Gasteiger partial charge < -0.3 is 34.1 Å². The fraction of sp³-hybridized carbons (Fsp3) is 0.400. The molecular formula is C25H30N2O7. The molecule has 9 heteroatoms. The Morgan fingerprint density at radius 2 is 1.76 bits per heavy atom. The highest BCUT2D eigenvalue weighted by Gasteiger charge is 2.32. The maximum atomic E-state index is 13.1. The molecule has 2 aliphatic rings. The van der Waals surface area contributed by atoms with Gasteiger partial charge in [-0.2, -0.15) is 0 Å². The normalized spacial score (nSPS) is 17.5. The Morgan fingerprint density at radius 1 is 1.09 bits per heavy atom. The number of aliphatic hydroxyl groups is 1. The van der Waals surface area contributed by atoms with Crippen LogP contribution in [0.2, 0.25) is 0 Å². The second-order valence-electron chi connectivity index (χ2n) is 8.30. The number of aliphatic hydroxyl groups excluding tert-OH is 1. The largest absolute Gasteiger partial charge is 0.872 e. The molecule has 2 heterocycles. The van der Waals surface area contributed by atoms with Crippen molar-refractivity contribution in [2.24, 2.45) is 0 Å². The fourth-order valence-electron chi connectivity index (χ4n) is 4.42. The molecule has 2 aromatic carbocycles. The van der Waals surface area contributed by atoms with Crippen LogP contribution < -0.4 is 29.0 Å². The Hall–Kier alpha value is -3.27. The van der Waals surface area contributed by atoms with Crippen LogP contribution in [0.4, 0.5) is 0 Å². The summed E-state index contributed by atoms with van der Waals surface area (Å²) in [5.41, 5.74) is 1.49. The smallest absolute Gasteiger partial charge is 0.231 e. The van der Waals surface area contributed by atoms with Gasteiger partial charge in [-0.25, -0.2) is 0 Å². The lowest BCUT2D eigenvalue weighted by Crippen LogP contribution is -3.13. The Bertz CT molecular complexity index is 1090. The van der Waals surface area contributed by atoms with Gasteiger partial charge in [0.2, 0.25) is 5.78 Å². The van der Waals surface area contributed by atoms with E-state index < -0.39 is 0 Å². The number of nitrogens with zero attached hydrogens (tertiary/aromatic N) is 1. The fourth-order valence-corrected chi connectivity index (χ4v) is 4.42. The number of nitrogens with one attached hydrogen (secondary N) is 1. The highest BCUT2D eigenvalue weighted by Crippen LogP contribution is 2.40. The Kier molecular flexibility index (Phi) is 7.26. The molecule has 0 amide bonds. The van der Waals surface area contributed by atoms with E-state index in [2.05, 4.69) is 4.90 Å². The topological polar surface area (TPSA) is 105 Å². The van der Waals surface area contributed by atoms with Crippen molar-refractivity contribution in [1.82, 2.24) is 4.90 Å². The van der Waals surface area contributed by atoms with Crippen LogP contribution in [-0.2, 0) is 6.54 Å². The number of piperazine rings is 1. The van der Waals surface area contributed by atoms with Crippen molar-refractivity contribution >= 4 is 11.9 Å². The van der Waals surface area contributed by atoms with Crippen molar-refractivity contribution in [1.29, 1.82) is 0 Å². The molecule has 2 N–H and O–H groups in total. The van der Waals surface area contributed by atoms with E-state index in [1.165, 1.54) is 38.4 Å². The van der Waals surface area contributed by atoms with Gasteiger partial charge in [0.25, 0.3) is 0 Å². The first kappa shape index (κ1) is 23.9. The molecule has 34 heavy (non-hydrogen) atoms. The number of carbonyl (C=O) groups excluding carboxylic acids is 1. The summed E-state index contributed by atoms with van der Waals surface area (Å²) in [7, 11) is 4.59. The number of β-amino-alcohol motifs (C(OH)–C–C–N with tert-alkyl or cyclic N) is 1. The van der Waals surface area contributed by atoms with Crippen LogP contribution in [0.3, 0.4) is 0 Å². The third-order valence-corrected chi connectivity index (χ3v) is 6.33. The lowest BCUT2D eigenvalue weighted by Gasteiger charge is -2.32. The lowest BCUT2D eigenvalue weighted by molar-refractivity contribution is -0.918. The first-order valence-electron chi connectivity index (χ1n) is 11.2. The molecule has 0 aliphatic carbocycles. The first-order chi connectivity index (χ1) is 16.5. The van der Waals surface area contributed by atoms with Crippen molar-refractivity contribution in [3.63, 3.8) is 0 Å². The van der Waals surface area contributed by atoms with Gasteiger partial charge in [0.1, 0.15) is 18.0 Å². The SMILES string of the molecule is COc1cc(OC)c(OC)cc1C=C1Oc2c(ccc([O-])c2C[NH+]2CCN(CCO)CC2)C1=O. The van der Waals surface area contributed by atoms with E-state index in [1.807, 2.05) is 0 Å². The van der Waals surface area contributed by atoms with Crippen LogP contribution in [0.5, 0.6) is 28.7 Å². The zero-order valence-electron chi connectivity index (χ0n) is 19.7. The van der Waals surface area contributed by atoms with Crippen LogP contribution in [0.25, 0.3) is 6.08 Å². The molecule has 0 bridgehead atoms. The van der Waals surface area contributed by atoms with E-state index in [9.17, 15) is 9.90 Å². The second-order valence-corrected chi connectivity index (χ2v) is 8.30. The van der Waals surface area contributed by atoms with Crippen LogP contribution >= 0.6 is 0 Å². The number of ketones is 1. The molecule has 0 saturated carbocycles. The van der Waals surface area contributed by atoms with Crippen molar-refractivity contribution in [3.05, 3.63) is 46.7 Å². The van der Waals surface area contributed by atoms with E-state index in [-0.39, 0.29) is 23.9 Å². The van der Waals surface area contributed by atoms with E-state index >= 15 is 0 Å². The minimum atomic E-state index is -0.282. The highest BCUT2D eigenvalue weighted by molar-refractivity contribution is 6.15. The van der Waals surface area contributed by atoms with Gasteiger partial charge in [-0.1, -0.05) is 11.8 Å². The summed E-state index contributed by atoms with van der Waals surface area (Å²) in [5, 5.41) is 21.9. The number of fused-ring (bicyclic) bond motifs is 1. The third kappa shape index (κ3) is 4.68. The Morgan fingerprint density at radius 3 is 2.41 bits per heavy atom. The minimum absolute atomic E-state index is 0.120. The number of hydrogen-bond acceptors (Lipinski definition) is 8. The Balaban J connectivity index is 1.61.